The fourth-order valence-electron chi connectivity index (χ4n) is 1.63. The van der Waals surface area contributed by atoms with E-state index in [1.807, 2.05) is 24.3 Å². The first-order chi connectivity index (χ1) is 9.24. The Morgan fingerprint density at radius 2 is 2.05 bits per heavy atom. The van der Waals surface area contributed by atoms with E-state index in [1.54, 1.807) is 18.3 Å². The van der Waals surface area contributed by atoms with E-state index in [2.05, 4.69) is 17.1 Å². The van der Waals surface area contributed by atoms with Crippen molar-refractivity contribution in [2.75, 3.05) is 0 Å². The molecular weight excluding hydrogens is 242 g/mol. The number of aryl methyl sites for hydroxylation is 1. The van der Waals surface area contributed by atoms with Gasteiger partial charge in [-0.25, -0.2) is 4.98 Å². The number of oxime groups is 1. The van der Waals surface area contributed by atoms with E-state index in [0.717, 1.165) is 6.42 Å². The standard InChI is InChI=1S/C14H15N3O2/c1-2-10-5-7-11(8-6-10)19-12-4-3-9-16-13(12)14(15)17-18/h3-9,18H,2H2,1H3,(H2,15,17). The monoisotopic (exact) mass is 257 g/mol. The first-order valence-corrected chi connectivity index (χ1v) is 5.94. The summed E-state index contributed by atoms with van der Waals surface area (Å²) < 4.78 is 5.70. The number of nitrogens with zero attached hydrogens (tertiary/aromatic N) is 2. The Labute approximate surface area is 111 Å². The molecule has 5 heteroatoms. The minimum Gasteiger partial charge on any atom is -0.455 e. The molecule has 2 rings (SSSR count). The molecular formula is C14H15N3O2. The van der Waals surface area contributed by atoms with Gasteiger partial charge in [0.25, 0.3) is 0 Å². The molecule has 0 atom stereocenters. The molecule has 0 unspecified atom stereocenters. The number of hydrogen-bond acceptors (Lipinski definition) is 4. The summed E-state index contributed by atoms with van der Waals surface area (Å²) in [4.78, 5) is 4.04. The first kappa shape index (κ1) is 12.9. The van der Waals surface area contributed by atoms with Crippen LogP contribution in [0.25, 0.3) is 0 Å². The maximum atomic E-state index is 8.71. The third kappa shape index (κ3) is 3.01. The van der Waals surface area contributed by atoms with Crippen LogP contribution in [0.15, 0.2) is 47.8 Å². The highest BCUT2D eigenvalue weighted by atomic mass is 16.5. The number of benzene rings is 1. The largest absolute Gasteiger partial charge is 0.455 e. The van der Waals surface area contributed by atoms with Crippen molar-refractivity contribution in [2.24, 2.45) is 10.9 Å². The lowest BCUT2D eigenvalue weighted by molar-refractivity contribution is 0.318. The van der Waals surface area contributed by atoms with Crippen molar-refractivity contribution in [3.8, 4) is 11.5 Å². The normalized spacial score (nSPS) is 11.3. The summed E-state index contributed by atoms with van der Waals surface area (Å²) in [6.45, 7) is 2.09. The van der Waals surface area contributed by atoms with E-state index < -0.39 is 0 Å². The molecule has 1 aromatic carbocycles. The van der Waals surface area contributed by atoms with Crippen LogP contribution in [0.4, 0.5) is 0 Å². The zero-order chi connectivity index (χ0) is 13.7. The van der Waals surface area contributed by atoms with E-state index in [-0.39, 0.29) is 5.84 Å². The lowest BCUT2D eigenvalue weighted by Crippen LogP contribution is -2.15. The van der Waals surface area contributed by atoms with Gasteiger partial charge in [-0.05, 0) is 36.2 Å². The lowest BCUT2D eigenvalue weighted by atomic mass is 10.2. The van der Waals surface area contributed by atoms with E-state index in [1.165, 1.54) is 5.56 Å². The number of rotatable bonds is 4. The molecule has 5 nitrogen and oxygen atoms in total. The second-order valence-corrected chi connectivity index (χ2v) is 3.93. The summed E-state index contributed by atoms with van der Waals surface area (Å²) >= 11 is 0. The molecule has 0 aliphatic heterocycles. The molecule has 0 aliphatic rings. The molecule has 0 amide bonds. The summed E-state index contributed by atoms with van der Waals surface area (Å²) in [7, 11) is 0. The fourth-order valence-corrected chi connectivity index (χ4v) is 1.63. The quantitative estimate of drug-likeness (QED) is 0.381. The Balaban J connectivity index is 2.27. The van der Waals surface area contributed by atoms with Crippen molar-refractivity contribution in [1.29, 1.82) is 0 Å². The zero-order valence-corrected chi connectivity index (χ0v) is 10.6. The second kappa shape index (κ2) is 5.86. The van der Waals surface area contributed by atoms with Gasteiger partial charge in [0.2, 0.25) is 0 Å². The third-order valence-corrected chi connectivity index (χ3v) is 2.68. The van der Waals surface area contributed by atoms with Crippen molar-refractivity contribution in [3.63, 3.8) is 0 Å². The smallest absolute Gasteiger partial charge is 0.192 e. The summed E-state index contributed by atoms with van der Waals surface area (Å²) in [5.41, 5.74) is 7.09. The Morgan fingerprint density at radius 1 is 1.32 bits per heavy atom. The molecule has 0 bridgehead atoms. The van der Waals surface area contributed by atoms with Crippen LogP contribution in [0.2, 0.25) is 0 Å². The van der Waals surface area contributed by atoms with Crippen LogP contribution in [-0.4, -0.2) is 16.0 Å². The molecule has 3 N–H and O–H groups in total. The highest BCUT2D eigenvalue weighted by Crippen LogP contribution is 2.24. The number of amidine groups is 1. The zero-order valence-electron chi connectivity index (χ0n) is 10.6. The molecule has 1 heterocycles. The van der Waals surface area contributed by atoms with Crippen LogP contribution >= 0.6 is 0 Å². The van der Waals surface area contributed by atoms with E-state index in [9.17, 15) is 0 Å². The van der Waals surface area contributed by atoms with Gasteiger partial charge in [0.15, 0.2) is 17.3 Å². The maximum Gasteiger partial charge on any atom is 0.192 e. The molecule has 2 aromatic rings. The van der Waals surface area contributed by atoms with Crippen LogP contribution in [0, 0.1) is 0 Å². The van der Waals surface area contributed by atoms with Gasteiger partial charge in [-0.2, -0.15) is 0 Å². The molecule has 0 spiro atoms. The van der Waals surface area contributed by atoms with Gasteiger partial charge in [-0.15, -0.1) is 0 Å². The molecule has 0 radical (unpaired) electrons. The highest BCUT2D eigenvalue weighted by Gasteiger charge is 2.10. The number of hydrogen-bond donors (Lipinski definition) is 2. The van der Waals surface area contributed by atoms with Crippen LogP contribution in [0.5, 0.6) is 11.5 Å². The summed E-state index contributed by atoms with van der Waals surface area (Å²) in [6, 6.07) is 11.2. The predicted octanol–water partition coefficient (Wildman–Crippen LogP) is 2.53. The maximum absolute atomic E-state index is 8.71. The van der Waals surface area contributed by atoms with Crippen LogP contribution < -0.4 is 10.5 Å². The molecule has 0 aliphatic carbocycles. The van der Waals surface area contributed by atoms with Gasteiger partial charge >= 0.3 is 0 Å². The predicted molar refractivity (Wildman–Crippen MR) is 72.6 cm³/mol. The van der Waals surface area contributed by atoms with Crippen molar-refractivity contribution in [3.05, 3.63) is 53.9 Å². The number of pyridine rings is 1. The fraction of sp³-hybridized carbons (Fsp3) is 0.143. The van der Waals surface area contributed by atoms with Gasteiger partial charge in [0.05, 0.1) is 0 Å². The van der Waals surface area contributed by atoms with Crippen molar-refractivity contribution < 1.29 is 9.94 Å². The summed E-state index contributed by atoms with van der Waals surface area (Å²) in [6.07, 6.45) is 2.53. The van der Waals surface area contributed by atoms with Gasteiger partial charge in [0, 0.05) is 6.20 Å². The number of nitrogens with two attached hydrogens (primary N) is 1. The highest BCUT2D eigenvalue weighted by molar-refractivity contribution is 5.97. The van der Waals surface area contributed by atoms with Gasteiger partial charge in [-0.3, -0.25) is 0 Å². The average molecular weight is 257 g/mol. The Morgan fingerprint density at radius 3 is 2.68 bits per heavy atom. The third-order valence-electron chi connectivity index (χ3n) is 2.68. The molecule has 0 fully saturated rings. The average Bonchev–Trinajstić information content (AvgIpc) is 2.48. The minimum absolute atomic E-state index is 0.0826. The van der Waals surface area contributed by atoms with Crippen molar-refractivity contribution in [1.82, 2.24) is 4.98 Å². The van der Waals surface area contributed by atoms with Crippen LogP contribution in [0.1, 0.15) is 18.2 Å². The minimum atomic E-state index is -0.0826. The van der Waals surface area contributed by atoms with E-state index in [0.29, 0.717) is 17.2 Å². The summed E-state index contributed by atoms with van der Waals surface area (Å²) in [5.74, 6) is 1.04. The molecule has 0 saturated carbocycles. The molecule has 1 aromatic heterocycles. The SMILES string of the molecule is CCc1ccc(Oc2cccnc2/C(N)=N/O)cc1. The Hall–Kier alpha value is -2.56. The molecule has 0 saturated heterocycles. The first-order valence-electron chi connectivity index (χ1n) is 5.94. The van der Waals surface area contributed by atoms with Crippen molar-refractivity contribution in [2.45, 2.75) is 13.3 Å². The van der Waals surface area contributed by atoms with Gasteiger partial charge < -0.3 is 15.7 Å². The molecule has 19 heavy (non-hydrogen) atoms. The van der Waals surface area contributed by atoms with E-state index >= 15 is 0 Å². The Kier molecular flexibility index (Phi) is 3.97. The number of aromatic nitrogens is 1. The van der Waals surface area contributed by atoms with Crippen LogP contribution in [-0.2, 0) is 6.42 Å². The Bertz CT molecular complexity index is 579. The van der Waals surface area contributed by atoms with Crippen LogP contribution in [0.3, 0.4) is 0 Å². The van der Waals surface area contributed by atoms with E-state index in [4.69, 9.17) is 15.7 Å². The topological polar surface area (TPSA) is 80.7 Å². The van der Waals surface area contributed by atoms with Crippen molar-refractivity contribution >= 4 is 5.84 Å². The summed E-state index contributed by atoms with van der Waals surface area (Å²) in [5, 5.41) is 11.7. The molecule has 98 valence electrons. The van der Waals surface area contributed by atoms with Gasteiger partial charge in [0.1, 0.15) is 5.75 Å². The van der Waals surface area contributed by atoms with Gasteiger partial charge in [-0.1, -0.05) is 24.2 Å². The second-order valence-electron chi connectivity index (χ2n) is 3.93. The number of ether oxygens (including phenoxy) is 1. The lowest BCUT2D eigenvalue weighted by Gasteiger charge is -2.09.